The van der Waals surface area contributed by atoms with Gasteiger partial charge in [-0.2, -0.15) is 0 Å². The maximum Gasteiger partial charge on any atom is 0.314 e. The standard InChI is InChI=1S/C6H15NO3.C3H4O4/c8-4-1-7(2-5-9)3-6-10;4-2(5)1-3(6)7/h8-10H,1-6H2;1H2,(H,4,5)(H,6,7). The van der Waals surface area contributed by atoms with Gasteiger partial charge < -0.3 is 25.5 Å². The fraction of sp³-hybridized carbons (Fsp3) is 0.778. The van der Waals surface area contributed by atoms with Crippen molar-refractivity contribution >= 4 is 11.9 Å². The average Bonchev–Trinajstić information content (AvgIpc) is 2.17. The van der Waals surface area contributed by atoms with Crippen molar-refractivity contribution in [1.82, 2.24) is 4.90 Å². The first-order valence-electron chi connectivity index (χ1n) is 4.96. The van der Waals surface area contributed by atoms with Crippen molar-refractivity contribution in [3.8, 4) is 0 Å². The largest absolute Gasteiger partial charge is 0.481 e. The summed E-state index contributed by atoms with van der Waals surface area (Å²) < 4.78 is 0. The second kappa shape index (κ2) is 12.8. The number of hydrogen-bond acceptors (Lipinski definition) is 6. The minimum Gasteiger partial charge on any atom is -0.481 e. The maximum atomic E-state index is 9.43. The van der Waals surface area contributed by atoms with Gasteiger partial charge in [0.2, 0.25) is 0 Å². The zero-order valence-corrected chi connectivity index (χ0v) is 9.45. The SMILES string of the molecule is O=C(O)CC(=O)O.OCCN(CCO)CCO. The second-order valence-electron chi connectivity index (χ2n) is 2.98. The first kappa shape index (κ1) is 18.2. The molecule has 0 aliphatic heterocycles. The van der Waals surface area contributed by atoms with E-state index in [1.54, 1.807) is 4.90 Å². The molecule has 8 nitrogen and oxygen atoms in total. The summed E-state index contributed by atoms with van der Waals surface area (Å²) in [6, 6.07) is 0. The van der Waals surface area contributed by atoms with Crippen LogP contribution in [0.4, 0.5) is 0 Å². The van der Waals surface area contributed by atoms with Crippen LogP contribution in [-0.4, -0.2) is 81.8 Å². The lowest BCUT2D eigenvalue weighted by Crippen LogP contribution is -2.32. The quantitative estimate of drug-likeness (QED) is 0.307. The zero-order chi connectivity index (χ0) is 13.7. The Bertz CT molecular complexity index is 183. The summed E-state index contributed by atoms with van der Waals surface area (Å²) in [6.07, 6.45) is -0.806. The van der Waals surface area contributed by atoms with E-state index < -0.39 is 18.4 Å². The third-order valence-electron chi connectivity index (χ3n) is 1.55. The van der Waals surface area contributed by atoms with Gasteiger partial charge in [-0.1, -0.05) is 0 Å². The maximum absolute atomic E-state index is 9.43. The summed E-state index contributed by atoms with van der Waals surface area (Å²) in [5.74, 6) is -2.62. The summed E-state index contributed by atoms with van der Waals surface area (Å²) in [4.78, 5) is 20.6. The minimum absolute atomic E-state index is 0.0694. The van der Waals surface area contributed by atoms with Crippen molar-refractivity contribution in [2.45, 2.75) is 6.42 Å². The molecule has 0 unspecified atom stereocenters. The highest BCUT2D eigenvalue weighted by Crippen LogP contribution is 1.84. The van der Waals surface area contributed by atoms with E-state index >= 15 is 0 Å². The Morgan fingerprint density at radius 1 is 0.765 bits per heavy atom. The highest BCUT2D eigenvalue weighted by molar-refractivity contribution is 5.88. The van der Waals surface area contributed by atoms with Crippen molar-refractivity contribution in [3.63, 3.8) is 0 Å². The van der Waals surface area contributed by atoms with Crippen LogP contribution in [0.25, 0.3) is 0 Å². The Kier molecular flexibility index (Phi) is 13.7. The molecule has 0 aliphatic carbocycles. The molecule has 0 atom stereocenters. The first-order chi connectivity index (χ1) is 7.97. The molecule has 0 heterocycles. The normalized spacial score (nSPS) is 9.65. The molecule has 0 amide bonds. The van der Waals surface area contributed by atoms with Gasteiger partial charge in [0.1, 0.15) is 6.42 Å². The van der Waals surface area contributed by atoms with Crippen LogP contribution in [0.15, 0.2) is 0 Å². The molecule has 0 saturated carbocycles. The van der Waals surface area contributed by atoms with Gasteiger partial charge in [0.15, 0.2) is 0 Å². The number of aliphatic carboxylic acids is 2. The van der Waals surface area contributed by atoms with Gasteiger partial charge in [-0.3, -0.25) is 14.5 Å². The zero-order valence-electron chi connectivity index (χ0n) is 9.45. The van der Waals surface area contributed by atoms with Crippen molar-refractivity contribution in [2.24, 2.45) is 0 Å². The second-order valence-corrected chi connectivity index (χ2v) is 2.98. The molecule has 0 rings (SSSR count). The third-order valence-corrected chi connectivity index (χ3v) is 1.55. The van der Waals surface area contributed by atoms with Gasteiger partial charge in [-0.15, -0.1) is 0 Å². The van der Waals surface area contributed by atoms with Gasteiger partial charge in [0.05, 0.1) is 19.8 Å². The Hall–Kier alpha value is -1.22. The Morgan fingerprint density at radius 3 is 1.18 bits per heavy atom. The summed E-state index contributed by atoms with van der Waals surface area (Å²) in [6.45, 7) is 1.75. The predicted molar refractivity (Wildman–Crippen MR) is 57.6 cm³/mol. The van der Waals surface area contributed by atoms with Crippen molar-refractivity contribution in [3.05, 3.63) is 0 Å². The number of nitrogens with zero attached hydrogens (tertiary/aromatic N) is 1. The van der Waals surface area contributed by atoms with Crippen molar-refractivity contribution in [2.75, 3.05) is 39.5 Å². The summed E-state index contributed by atoms with van der Waals surface area (Å²) in [7, 11) is 0. The molecular formula is C9H19NO7. The molecule has 0 saturated heterocycles. The van der Waals surface area contributed by atoms with Crippen LogP contribution < -0.4 is 0 Å². The lowest BCUT2D eigenvalue weighted by molar-refractivity contribution is -0.147. The molecule has 8 heteroatoms. The van der Waals surface area contributed by atoms with Gasteiger partial charge in [0.25, 0.3) is 0 Å². The number of hydrogen-bond donors (Lipinski definition) is 5. The fourth-order valence-electron chi connectivity index (χ4n) is 0.889. The first-order valence-corrected chi connectivity index (χ1v) is 4.96. The van der Waals surface area contributed by atoms with Gasteiger partial charge in [-0.05, 0) is 0 Å². The van der Waals surface area contributed by atoms with Crippen LogP contribution >= 0.6 is 0 Å². The molecule has 0 radical (unpaired) electrons. The van der Waals surface area contributed by atoms with Crippen LogP contribution in [0.1, 0.15) is 6.42 Å². The number of carbonyl (C=O) groups is 2. The van der Waals surface area contributed by atoms with Gasteiger partial charge in [-0.25, -0.2) is 0 Å². The van der Waals surface area contributed by atoms with E-state index in [9.17, 15) is 9.59 Å². The molecule has 0 aromatic carbocycles. The van der Waals surface area contributed by atoms with Gasteiger partial charge in [0, 0.05) is 19.6 Å². The molecular weight excluding hydrogens is 234 g/mol. The van der Waals surface area contributed by atoms with Crippen molar-refractivity contribution < 1.29 is 35.1 Å². The molecule has 0 aromatic heterocycles. The summed E-state index contributed by atoms with van der Waals surface area (Å²) in [5.41, 5.74) is 0. The van der Waals surface area contributed by atoms with Gasteiger partial charge >= 0.3 is 11.9 Å². The topological polar surface area (TPSA) is 139 Å². The summed E-state index contributed by atoms with van der Waals surface area (Å²) in [5, 5.41) is 40.9. The van der Waals surface area contributed by atoms with Crippen LogP contribution in [0.2, 0.25) is 0 Å². The monoisotopic (exact) mass is 253 g/mol. The Balaban J connectivity index is 0. The van der Waals surface area contributed by atoms with E-state index in [-0.39, 0.29) is 19.8 Å². The number of aliphatic hydroxyl groups is 3. The van der Waals surface area contributed by atoms with Crippen LogP contribution in [0.3, 0.4) is 0 Å². The molecule has 5 N–H and O–H groups in total. The lowest BCUT2D eigenvalue weighted by Gasteiger charge is -2.17. The Labute approximate surface area is 98.7 Å². The average molecular weight is 253 g/mol. The molecule has 102 valence electrons. The third kappa shape index (κ3) is 17.4. The van der Waals surface area contributed by atoms with E-state index in [1.807, 2.05) is 0 Å². The van der Waals surface area contributed by atoms with Crippen LogP contribution in [0.5, 0.6) is 0 Å². The molecule has 0 spiro atoms. The number of carboxylic acid groups (broad SMARTS) is 2. The smallest absolute Gasteiger partial charge is 0.314 e. The number of carboxylic acids is 2. The predicted octanol–water partition coefficient (Wildman–Crippen LogP) is -2.19. The van der Waals surface area contributed by atoms with E-state index in [1.165, 1.54) is 0 Å². The Morgan fingerprint density at radius 2 is 1.06 bits per heavy atom. The summed E-state index contributed by atoms with van der Waals surface area (Å²) >= 11 is 0. The van der Waals surface area contributed by atoms with E-state index in [0.717, 1.165) is 0 Å². The molecule has 0 aromatic rings. The molecule has 0 bridgehead atoms. The van der Waals surface area contributed by atoms with E-state index in [2.05, 4.69) is 0 Å². The number of aliphatic hydroxyl groups excluding tert-OH is 3. The van der Waals surface area contributed by atoms with E-state index in [4.69, 9.17) is 25.5 Å². The lowest BCUT2D eigenvalue weighted by atomic mass is 10.4. The van der Waals surface area contributed by atoms with Crippen LogP contribution in [-0.2, 0) is 9.59 Å². The van der Waals surface area contributed by atoms with E-state index in [0.29, 0.717) is 19.6 Å². The highest BCUT2D eigenvalue weighted by atomic mass is 16.4. The van der Waals surface area contributed by atoms with Crippen LogP contribution in [0, 0.1) is 0 Å². The highest BCUT2D eigenvalue weighted by Gasteiger charge is 2.01. The molecule has 0 fully saturated rings. The number of rotatable bonds is 8. The minimum atomic E-state index is -1.31. The molecule has 0 aliphatic rings. The van der Waals surface area contributed by atoms with Crippen molar-refractivity contribution in [1.29, 1.82) is 0 Å². The molecule has 17 heavy (non-hydrogen) atoms. The fourth-order valence-corrected chi connectivity index (χ4v) is 0.889.